The normalized spacial score (nSPS) is 11.9. The van der Waals surface area contributed by atoms with Crippen molar-refractivity contribution in [1.29, 1.82) is 0 Å². The summed E-state index contributed by atoms with van der Waals surface area (Å²) >= 11 is 0. The maximum absolute atomic E-state index is 10.2. The second-order valence-electron chi connectivity index (χ2n) is 2.67. The quantitative estimate of drug-likeness (QED) is 0.398. The van der Waals surface area contributed by atoms with E-state index >= 15 is 0 Å². The van der Waals surface area contributed by atoms with Crippen molar-refractivity contribution >= 4 is 12.4 Å². The largest absolute Gasteiger partial charge is 0.298 e. The van der Waals surface area contributed by atoms with E-state index in [9.17, 15) is 4.79 Å². The van der Waals surface area contributed by atoms with Crippen molar-refractivity contribution in [3.05, 3.63) is 47.8 Å². The number of carbonyl (C=O) groups is 1. The summed E-state index contributed by atoms with van der Waals surface area (Å²) in [6, 6.07) is 3.82. The van der Waals surface area contributed by atoms with Crippen molar-refractivity contribution in [2.75, 3.05) is 0 Å². The maximum Gasteiger partial charge on any atom is 0.145 e. The van der Waals surface area contributed by atoms with Gasteiger partial charge in [-0.3, -0.25) is 9.78 Å². The molecule has 0 fully saturated rings. The standard InChI is InChI=1S/C11H11NO/c1-10(9-13)4-2-5-11-6-3-7-12-8-11/h2-9H,1H3/b5-2+,10-4+. The predicted molar refractivity (Wildman–Crippen MR) is 53.1 cm³/mol. The molecule has 0 N–H and O–H groups in total. The van der Waals surface area contributed by atoms with E-state index in [4.69, 9.17) is 0 Å². The number of rotatable bonds is 3. The molecule has 0 aliphatic carbocycles. The van der Waals surface area contributed by atoms with E-state index < -0.39 is 0 Å². The Hall–Kier alpha value is -1.70. The van der Waals surface area contributed by atoms with E-state index in [-0.39, 0.29) is 0 Å². The van der Waals surface area contributed by atoms with Crippen LogP contribution in [0, 0.1) is 0 Å². The lowest BCUT2D eigenvalue weighted by molar-refractivity contribution is -0.104. The van der Waals surface area contributed by atoms with Crippen molar-refractivity contribution < 1.29 is 4.79 Å². The van der Waals surface area contributed by atoms with Crippen LogP contribution in [0.3, 0.4) is 0 Å². The summed E-state index contributed by atoms with van der Waals surface area (Å²) in [4.78, 5) is 14.2. The van der Waals surface area contributed by atoms with Gasteiger partial charge >= 0.3 is 0 Å². The zero-order valence-electron chi connectivity index (χ0n) is 7.47. The Morgan fingerprint density at radius 1 is 1.54 bits per heavy atom. The molecule has 0 bridgehead atoms. The van der Waals surface area contributed by atoms with Crippen LogP contribution in [0.1, 0.15) is 12.5 Å². The SMILES string of the molecule is C/C(C=O)=C\C=C\c1cccnc1. The van der Waals surface area contributed by atoms with Crippen LogP contribution in [0.2, 0.25) is 0 Å². The van der Waals surface area contributed by atoms with Crippen molar-refractivity contribution in [2.45, 2.75) is 6.92 Å². The van der Waals surface area contributed by atoms with Crippen LogP contribution in [0.4, 0.5) is 0 Å². The molecule has 0 amide bonds. The smallest absolute Gasteiger partial charge is 0.145 e. The van der Waals surface area contributed by atoms with Gasteiger partial charge in [-0.05, 0) is 24.1 Å². The molecule has 2 nitrogen and oxygen atoms in total. The number of hydrogen-bond donors (Lipinski definition) is 0. The molecule has 2 heteroatoms. The van der Waals surface area contributed by atoms with Gasteiger partial charge in [0, 0.05) is 12.4 Å². The fraction of sp³-hybridized carbons (Fsp3) is 0.0909. The van der Waals surface area contributed by atoms with Gasteiger partial charge in [0.1, 0.15) is 6.29 Å². The highest BCUT2D eigenvalue weighted by atomic mass is 16.1. The predicted octanol–water partition coefficient (Wildman–Crippen LogP) is 2.24. The third-order valence-corrected chi connectivity index (χ3v) is 1.52. The number of allylic oxidation sites excluding steroid dienone is 3. The number of aldehydes is 1. The average Bonchev–Trinajstić information content (AvgIpc) is 2.19. The van der Waals surface area contributed by atoms with Gasteiger partial charge in [-0.15, -0.1) is 0 Å². The number of pyridine rings is 1. The third-order valence-electron chi connectivity index (χ3n) is 1.52. The van der Waals surface area contributed by atoms with Gasteiger partial charge in [0.25, 0.3) is 0 Å². The molecule has 1 heterocycles. The highest BCUT2D eigenvalue weighted by Crippen LogP contribution is 1.99. The summed E-state index contributed by atoms with van der Waals surface area (Å²) in [6.07, 6.45) is 9.82. The number of aromatic nitrogens is 1. The summed E-state index contributed by atoms with van der Waals surface area (Å²) in [7, 11) is 0. The molecule has 1 aromatic heterocycles. The van der Waals surface area contributed by atoms with Crippen LogP contribution in [-0.4, -0.2) is 11.3 Å². The Labute approximate surface area is 77.6 Å². The van der Waals surface area contributed by atoms with Crippen LogP contribution in [0.15, 0.2) is 42.3 Å². The van der Waals surface area contributed by atoms with Gasteiger partial charge < -0.3 is 0 Å². The summed E-state index contributed by atoms with van der Waals surface area (Å²) in [5, 5.41) is 0. The second kappa shape index (κ2) is 5.04. The molecule has 0 aliphatic rings. The first-order valence-electron chi connectivity index (χ1n) is 4.03. The molecule has 1 aromatic rings. The molecular formula is C11H11NO. The number of carbonyl (C=O) groups excluding carboxylic acids is 1. The number of hydrogen-bond acceptors (Lipinski definition) is 2. The minimum absolute atomic E-state index is 0.708. The zero-order chi connectivity index (χ0) is 9.52. The molecule has 0 radical (unpaired) electrons. The van der Waals surface area contributed by atoms with Gasteiger partial charge in [-0.2, -0.15) is 0 Å². The minimum atomic E-state index is 0.708. The first-order valence-corrected chi connectivity index (χ1v) is 4.03. The summed E-state index contributed by atoms with van der Waals surface area (Å²) in [6.45, 7) is 1.76. The molecule has 66 valence electrons. The van der Waals surface area contributed by atoms with Crippen LogP contribution in [0.5, 0.6) is 0 Å². The monoisotopic (exact) mass is 173 g/mol. The Morgan fingerprint density at radius 2 is 2.38 bits per heavy atom. The molecule has 0 unspecified atom stereocenters. The van der Waals surface area contributed by atoms with E-state index in [0.717, 1.165) is 11.8 Å². The Kier molecular flexibility index (Phi) is 3.64. The molecule has 0 saturated heterocycles. The molecule has 0 saturated carbocycles. The van der Waals surface area contributed by atoms with Gasteiger partial charge in [0.05, 0.1) is 0 Å². The van der Waals surface area contributed by atoms with Crippen LogP contribution < -0.4 is 0 Å². The van der Waals surface area contributed by atoms with E-state index in [1.165, 1.54) is 0 Å². The van der Waals surface area contributed by atoms with Crippen LogP contribution >= 0.6 is 0 Å². The molecule has 1 rings (SSSR count). The lowest BCUT2D eigenvalue weighted by Crippen LogP contribution is -1.74. The molecule has 0 atom stereocenters. The fourth-order valence-corrected chi connectivity index (χ4v) is 0.825. The molecule has 0 spiro atoms. The molecule has 13 heavy (non-hydrogen) atoms. The van der Waals surface area contributed by atoms with Crippen molar-refractivity contribution in [1.82, 2.24) is 4.98 Å². The number of nitrogens with zero attached hydrogens (tertiary/aromatic N) is 1. The average molecular weight is 173 g/mol. The van der Waals surface area contributed by atoms with Gasteiger partial charge in [-0.25, -0.2) is 0 Å². The Balaban J connectivity index is 2.65. The molecule has 0 aromatic carbocycles. The first-order chi connectivity index (χ1) is 6.33. The van der Waals surface area contributed by atoms with E-state index in [1.807, 2.05) is 24.3 Å². The lowest BCUT2D eigenvalue weighted by atomic mass is 10.2. The van der Waals surface area contributed by atoms with Crippen molar-refractivity contribution in [2.24, 2.45) is 0 Å². The minimum Gasteiger partial charge on any atom is -0.298 e. The van der Waals surface area contributed by atoms with Crippen molar-refractivity contribution in [3.63, 3.8) is 0 Å². The van der Waals surface area contributed by atoms with Gasteiger partial charge in [0.15, 0.2) is 0 Å². The van der Waals surface area contributed by atoms with Gasteiger partial charge in [-0.1, -0.05) is 24.3 Å². The van der Waals surface area contributed by atoms with E-state index in [0.29, 0.717) is 5.57 Å². The maximum atomic E-state index is 10.2. The highest BCUT2D eigenvalue weighted by Gasteiger charge is 1.82. The third kappa shape index (κ3) is 3.47. The van der Waals surface area contributed by atoms with Crippen LogP contribution in [0.25, 0.3) is 6.08 Å². The summed E-state index contributed by atoms with van der Waals surface area (Å²) in [5.74, 6) is 0. The Bertz CT molecular complexity index is 325. The van der Waals surface area contributed by atoms with Crippen molar-refractivity contribution in [3.8, 4) is 0 Å². The summed E-state index contributed by atoms with van der Waals surface area (Å²) < 4.78 is 0. The first kappa shape index (κ1) is 9.39. The van der Waals surface area contributed by atoms with Gasteiger partial charge in [0.2, 0.25) is 0 Å². The molecular weight excluding hydrogens is 162 g/mol. The Morgan fingerprint density at radius 3 is 3.00 bits per heavy atom. The summed E-state index contributed by atoms with van der Waals surface area (Å²) in [5.41, 5.74) is 1.73. The highest BCUT2D eigenvalue weighted by molar-refractivity contribution is 5.73. The van der Waals surface area contributed by atoms with E-state index in [1.54, 1.807) is 25.4 Å². The van der Waals surface area contributed by atoms with E-state index in [2.05, 4.69) is 4.98 Å². The lowest BCUT2D eigenvalue weighted by Gasteiger charge is -1.88. The fourth-order valence-electron chi connectivity index (χ4n) is 0.825. The van der Waals surface area contributed by atoms with Crippen LogP contribution in [-0.2, 0) is 4.79 Å². The zero-order valence-corrected chi connectivity index (χ0v) is 7.47. The topological polar surface area (TPSA) is 30.0 Å². The second-order valence-corrected chi connectivity index (χ2v) is 2.67. The molecule has 0 aliphatic heterocycles.